The van der Waals surface area contributed by atoms with Crippen LogP contribution < -0.4 is 14.8 Å². The van der Waals surface area contributed by atoms with Crippen molar-refractivity contribution in [2.75, 3.05) is 5.32 Å². The molecule has 3 aromatic carbocycles. The molecule has 0 radical (unpaired) electrons. The minimum atomic E-state index is -0.350. The van der Waals surface area contributed by atoms with Gasteiger partial charge in [-0.2, -0.15) is 0 Å². The van der Waals surface area contributed by atoms with E-state index >= 15 is 0 Å². The molecular formula is C21H17NO3. The van der Waals surface area contributed by atoms with Crippen molar-refractivity contribution in [3.8, 4) is 23.0 Å². The Balaban J connectivity index is 1.52. The Labute approximate surface area is 146 Å². The molecule has 1 aliphatic rings. The van der Waals surface area contributed by atoms with E-state index in [1.54, 1.807) is 0 Å². The Morgan fingerprint density at radius 3 is 2.12 bits per heavy atom. The molecule has 0 fully saturated rings. The molecule has 0 saturated heterocycles. The molecule has 1 unspecified atom stereocenters. The summed E-state index contributed by atoms with van der Waals surface area (Å²) in [4.78, 5) is 12.5. The Morgan fingerprint density at radius 2 is 1.40 bits per heavy atom. The third-order valence-corrected chi connectivity index (χ3v) is 4.07. The van der Waals surface area contributed by atoms with Gasteiger partial charge < -0.3 is 14.8 Å². The molecule has 3 aromatic rings. The second-order valence-electron chi connectivity index (χ2n) is 5.91. The summed E-state index contributed by atoms with van der Waals surface area (Å²) in [6.45, 7) is 1.85. The van der Waals surface area contributed by atoms with Crippen LogP contribution in [0.4, 0.5) is 5.69 Å². The fourth-order valence-corrected chi connectivity index (χ4v) is 2.79. The summed E-state index contributed by atoms with van der Waals surface area (Å²) in [6, 6.07) is 22.0. The largest absolute Gasteiger partial charge is 0.450 e. The van der Waals surface area contributed by atoms with Gasteiger partial charge >= 0.3 is 0 Å². The van der Waals surface area contributed by atoms with Crippen molar-refractivity contribution in [1.29, 1.82) is 0 Å². The van der Waals surface area contributed by atoms with E-state index in [4.69, 9.17) is 9.47 Å². The van der Waals surface area contributed by atoms with Crippen LogP contribution in [0.2, 0.25) is 0 Å². The van der Waals surface area contributed by atoms with Crippen LogP contribution in [0.5, 0.6) is 23.0 Å². The predicted octanol–water partition coefficient (Wildman–Crippen LogP) is 5.27. The Hall–Kier alpha value is -3.27. The van der Waals surface area contributed by atoms with E-state index in [1.807, 2.05) is 79.7 Å². The Bertz CT molecular complexity index is 921. The monoisotopic (exact) mass is 331 g/mol. The number of benzene rings is 3. The molecular weight excluding hydrogens is 314 g/mol. The topological polar surface area (TPSA) is 47.6 Å². The van der Waals surface area contributed by atoms with Crippen molar-refractivity contribution in [1.82, 2.24) is 0 Å². The fraction of sp³-hybridized carbons (Fsp3) is 0.0952. The first kappa shape index (κ1) is 15.3. The lowest BCUT2D eigenvalue weighted by Gasteiger charge is -2.22. The molecule has 0 amide bonds. The summed E-state index contributed by atoms with van der Waals surface area (Å²) >= 11 is 0. The highest BCUT2D eigenvalue weighted by molar-refractivity contribution is 6.01. The Kier molecular flexibility index (Phi) is 3.86. The van der Waals surface area contributed by atoms with Gasteiger partial charge in [0.25, 0.3) is 0 Å². The second kappa shape index (κ2) is 6.32. The van der Waals surface area contributed by atoms with Gasteiger partial charge in [0.15, 0.2) is 28.8 Å². The maximum atomic E-state index is 12.5. The highest BCUT2D eigenvalue weighted by atomic mass is 16.6. The number of anilines is 1. The van der Waals surface area contributed by atoms with Gasteiger partial charge in [-0.1, -0.05) is 42.5 Å². The van der Waals surface area contributed by atoms with Crippen LogP contribution >= 0.6 is 0 Å². The summed E-state index contributed by atoms with van der Waals surface area (Å²) in [5.41, 5.74) is 1.49. The fourth-order valence-electron chi connectivity index (χ4n) is 2.79. The third-order valence-electron chi connectivity index (χ3n) is 4.07. The van der Waals surface area contributed by atoms with Crippen LogP contribution in [-0.2, 0) is 0 Å². The number of hydrogen-bond donors (Lipinski definition) is 1. The normalized spacial score (nSPS) is 12.8. The van der Waals surface area contributed by atoms with Crippen molar-refractivity contribution < 1.29 is 14.3 Å². The molecule has 124 valence electrons. The van der Waals surface area contributed by atoms with E-state index < -0.39 is 0 Å². The van der Waals surface area contributed by atoms with Crippen LogP contribution in [0, 0.1) is 0 Å². The molecule has 0 aliphatic carbocycles. The van der Waals surface area contributed by atoms with Gasteiger partial charge in [-0.25, -0.2) is 0 Å². The summed E-state index contributed by atoms with van der Waals surface area (Å²) in [5, 5.41) is 3.23. The highest BCUT2D eigenvalue weighted by Gasteiger charge is 2.20. The van der Waals surface area contributed by atoms with Crippen molar-refractivity contribution in [2.24, 2.45) is 0 Å². The van der Waals surface area contributed by atoms with Gasteiger partial charge in [0.05, 0.1) is 6.04 Å². The van der Waals surface area contributed by atoms with Crippen LogP contribution in [0.15, 0.2) is 72.8 Å². The molecule has 1 N–H and O–H groups in total. The SMILES string of the molecule is CC(Nc1ccc2c(c1)Oc1ccccc1O2)C(=O)c1ccccc1. The molecule has 4 heteroatoms. The molecule has 0 bridgehead atoms. The highest BCUT2D eigenvalue weighted by Crippen LogP contribution is 2.45. The minimum Gasteiger partial charge on any atom is -0.450 e. The number of rotatable bonds is 4. The van der Waals surface area contributed by atoms with E-state index in [0.717, 1.165) is 5.69 Å². The van der Waals surface area contributed by atoms with Gasteiger partial charge in [-0.15, -0.1) is 0 Å². The lowest BCUT2D eigenvalue weighted by atomic mass is 10.1. The van der Waals surface area contributed by atoms with E-state index in [9.17, 15) is 4.79 Å². The molecule has 0 saturated carbocycles. The number of nitrogens with one attached hydrogen (secondary N) is 1. The van der Waals surface area contributed by atoms with Gasteiger partial charge in [-0.05, 0) is 31.2 Å². The average Bonchev–Trinajstić information content (AvgIpc) is 2.66. The number of fused-ring (bicyclic) bond motifs is 2. The lowest BCUT2D eigenvalue weighted by molar-refractivity contribution is 0.0975. The number of para-hydroxylation sites is 2. The van der Waals surface area contributed by atoms with Gasteiger partial charge in [0, 0.05) is 17.3 Å². The summed E-state index contributed by atoms with van der Waals surface area (Å²) in [6.07, 6.45) is 0. The quantitative estimate of drug-likeness (QED) is 0.518. The first-order valence-electron chi connectivity index (χ1n) is 8.15. The third kappa shape index (κ3) is 3.06. The average molecular weight is 331 g/mol. The second-order valence-corrected chi connectivity index (χ2v) is 5.91. The molecule has 1 atom stereocenters. The predicted molar refractivity (Wildman–Crippen MR) is 96.9 cm³/mol. The number of Topliss-reactive ketones (excluding diaryl/α,β-unsaturated/α-hetero) is 1. The summed E-state index contributed by atoms with van der Waals surface area (Å²) in [7, 11) is 0. The van der Waals surface area contributed by atoms with E-state index in [0.29, 0.717) is 28.6 Å². The van der Waals surface area contributed by atoms with Crippen molar-refractivity contribution >= 4 is 11.5 Å². The van der Waals surface area contributed by atoms with Crippen LogP contribution in [0.3, 0.4) is 0 Å². The number of carbonyl (C=O) groups excluding carboxylic acids is 1. The standard InChI is InChI=1S/C21H17NO3/c1-14(21(23)15-7-3-2-4-8-15)22-16-11-12-19-20(13-16)25-18-10-6-5-9-17(18)24-19/h2-14,22H,1H3. The number of ketones is 1. The van der Waals surface area contributed by atoms with E-state index in [2.05, 4.69) is 5.32 Å². The molecule has 4 nitrogen and oxygen atoms in total. The first-order valence-corrected chi connectivity index (χ1v) is 8.15. The zero-order valence-electron chi connectivity index (χ0n) is 13.7. The maximum Gasteiger partial charge on any atom is 0.184 e. The summed E-state index contributed by atoms with van der Waals surface area (Å²) in [5.74, 6) is 2.71. The Morgan fingerprint density at radius 1 is 0.800 bits per heavy atom. The summed E-state index contributed by atoms with van der Waals surface area (Å²) < 4.78 is 11.7. The number of ether oxygens (including phenoxy) is 2. The van der Waals surface area contributed by atoms with Gasteiger partial charge in [0.1, 0.15) is 0 Å². The van der Waals surface area contributed by atoms with Gasteiger partial charge in [-0.3, -0.25) is 4.79 Å². The van der Waals surface area contributed by atoms with Crippen molar-refractivity contribution in [2.45, 2.75) is 13.0 Å². The van der Waals surface area contributed by atoms with E-state index in [1.165, 1.54) is 0 Å². The van der Waals surface area contributed by atoms with Gasteiger partial charge in [0.2, 0.25) is 0 Å². The zero-order chi connectivity index (χ0) is 17.2. The van der Waals surface area contributed by atoms with Crippen LogP contribution in [0.1, 0.15) is 17.3 Å². The molecule has 25 heavy (non-hydrogen) atoms. The zero-order valence-corrected chi connectivity index (χ0v) is 13.7. The van der Waals surface area contributed by atoms with Crippen LogP contribution in [0.25, 0.3) is 0 Å². The lowest BCUT2D eigenvalue weighted by Crippen LogP contribution is -2.26. The smallest absolute Gasteiger partial charge is 0.184 e. The molecule has 4 rings (SSSR count). The molecule has 0 aromatic heterocycles. The minimum absolute atomic E-state index is 0.0424. The number of carbonyl (C=O) groups is 1. The first-order chi connectivity index (χ1) is 12.2. The van der Waals surface area contributed by atoms with E-state index in [-0.39, 0.29) is 11.8 Å². The van der Waals surface area contributed by atoms with Crippen molar-refractivity contribution in [3.05, 3.63) is 78.4 Å². The molecule has 0 spiro atoms. The molecule has 1 aliphatic heterocycles. The maximum absolute atomic E-state index is 12.5. The van der Waals surface area contributed by atoms with Crippen LogP contribution in [-0.4, -0.2) is 11.8 Å². The molecule has 1 heterocycles. The van der Waals surface area contributed by atoms with Crippen molar-refractivity contribution in [3.63, 3.8) is 0 Å². The number of hydrogen-bond acceptors (Lipinski definition) is 4.